The average Bonchev–Trinajstić information content (AvgIpc) is 2.47. The molecular weight excluding hydrogens is 156 g/mol. The van der Waals surface area contributed by atoms with E-state index in [4.69, 9.17) is 4.84 Å². The number of rotatable bonds is 2. The fraction of sp³-hybridized carbons (Fsp3) is 0.875. The third-order valence-electron chi connectivity index (χ3n) is 2.36. The van der Waals surface area contributed by atoms with Gasteiger partial charge in [0.25, 0.3) is 0 Å². The van der Waals surface area contributed by atoms with E-state index in [1.807, 2.05) is 0 Å². The van der Waals surface area contributed by atoms with Crippen LogP contribution in [0.5, 0.6) is 0 Å². The molecule has 2 rings (SSSR count). The lowest BCUT2D eigenvalue weighted by atomic mass is 9.99. The summed E-state index contributed by atoms with van der Waals surface area (Å²) in [6.45, 7) is 3.45. The molecule has 2 fully saturated rings. The Balaban J connectivity index is 1.74. The maximum atomic E-state index is 11.4. The quantitative estimate of drug-likeness (QED) is 0.622. The monoisotopic (exact) mass is 170 g/mol. The molecule has 0 saturated carbocycles. The van der Waals surface area contributed by atoms with Crippen LogP contribution in [0.25, 0.3) is 0 Å². The molecule has 0 unspecified atom stereocenters. The van der Waals surface area contributed by atoms with Crippen LogP contribution in [0.3, 0.4) is 0 Å². The molecular formula is C8H14N2O2. The standard InChI is InChI=1S/C8H14N2O2/c11-8(4-7-5-9-6-7)10-2-1-3-12-10/h7,9H,1-6H2. The summed E-state index contributed by atoms with van der Waals surface area (Å²) >= 11 is 0. The molecule has 2 aliphatic heterocycles. The van der Waals surface area contributed by atoms with Crippen LogP contribution < -0.4 is 5.32 Å². The Kier molecular flexibility index (Phi) is 2.28. The van der Waals surface area contributed by atoms with Gasteiger partial charge in [0.1, 0.15) is 0 Å². The van der Waals surface area contributed by atoms with Crippen LogP contribution in [0.15, 0.2) is 0 Å². The Morgan fingerprint density at radius 3 is 2.92 bits per heavy atom. The molecule has 68 valence electrons. The Bertz CT molecular complexity index is 174. The zero-order chi connectivity index (χ0) is 8.39. The van der Waals surface area contributed by atoms with Crippen molar-refractivity contribution >= 4 is 5.91 Å². The zero-order valence-corrected chi connectivity index (χ0v) is 7.08. The van der Waals surface area contributed by atoms with Crippen molar-refractivity contribution in [2.75, 3.05) is 26.2 Å². The van der Waals surface area contributed by atoms with Gasteiger partial charge >= 0.3 is 0 Å². The lowest BCUT2D eigenvalue weighted by molar-refractivity contribution is -0.170. The van der Waals surface area contributed by atoms with Crippen LogP contribution in [0.1, 0.15) is 12.8 Å². The minimum Gasteiger partial charge on any atom is -0.316 e. The van der Waals surface area contributed by atoms with Crippen LogP contribution in [0.4, 0.5) is 0 Å². The molecule has 2 heterocycles. The maximum Gasteiger partial charge on any atom is 0.246 e. The van der Waals surface area contributed by atoms with Gasteiger partial charge in [-0.15, -0.1) is 0 Å². The molecule has 0 aromatic rings. The maximum absolute atomic E-state index is 11.4. The van der Waals surface area contributed by atoms with E-state index in [-0.39, 0.29) is 5.91 Å². The highest BCUT2D eigenvalue weighted by Crippen LogP contribution is 2.13. The second-order valence-electron chi connectivity index (χ2n) is 3.41. The van der Waals surface area contributed by atoms with E-state index < -0.39 is 0 Å². The van der Waals surface area contributed by atoms with Crippen molar-refractivity contribution in [1.29, 1.82) is 0 Å². The van der Waals surface area contributed by atoms with Gasteiger partial charge in [0.2, 0.25) is 5.91 Å². The van der Waals surface area contributed by atoms with Crippen LogP contribution in [-0.2, 0) is 9.63 Å². The summed E-state index contributed by atoms with van der Waals surface area (Å²) in [4.78, 5) is 16.6. The molecule has 2 aliphatic rings. The highest BCUT2D eigenvalue weighted by molar-refractivity contribution is 5.75. The van der Waals surface area contributed by atoms with Crippen LogP contribution in [-0.4, -0.2) is 37.2 Å². The summed E-state index contributed by atoms with van der Waals surface area (Å²) in [5, 5.41) is 4.66. The van der Waals surface area contributed by atoms with Crippen molar-refractivity contribution in [1.82, 2.24) is 10.4 Å². The largest absolute Gasteiger partial charge is 0.316 e. The van der Waals surface area contributed by atoms with E-state index in [1.165, 1.54) is 5.06 Å². The Hall–Kier alpha value is -0.610. The van der Waals surface area contributed by atoms with Gasteiger partial charge in [-0.2, -0.15) is 0 Å². The van der Waals surface area contributed by atoms with E-state index >= 15 is 0 Å². The molecule has 0 spiro atoms. The number of nitrogens with zero attached hydrogens (tertiary/aromatic N) is 1. The Morgan fingerprint density at radius 1 is 1.58 bits per heavy atom. The van der Waals surface area contributed by atoms with Gasteiger partial charge in [-0.05, 0) is 25.4 Å². The number of hydrogen-bond donors (Lipinski definition) is 1. The first-order valence-electron chi connectivity index (χ1n) is 4.50. The molecule has 1 N–H and O–H groups in total. The topological polar surface area (TPSA) is 41.6 Å². The SMILES string of the molecule is O=C(CC1CNC1)N1CCCO1. The van der Waals surface area contributed by atoms with E-state index in [2.05, 4.69) is 5.32 Å². The first-order chi connectivity index (χ1) is 5.86. The third kappa shape index (κ3) is 1.59. The molecule has 0 bridgehead atoms. The van der Waals surface area contributed by atoms with Crippen molar-refractivity contribution < 1.29 is 9.63 Å². The lowest BCUT2D eigenvalue weighted by Gasteiger charge is -2.27. The molecule has 4 nitrogen and oxygen atoms in total. The Labute approximate surface area is 71.8 Å². The summed E-state index contributed by atoms with van der Waals surface area (Å²) in [7, 11) is 0. The number of carbonyl (C=O) groups is 1. The first kappa shape index (κ1) is 8.01. The molecule has 0 aliphatic carbocycles. The molecule has 1 amide bonds. The van der Waals surface area contributed by atoms with Crippen molar-refractivity contribution in [2.45, 2.75) is 12.8 Å². The van der Waals surface area contributed by atoms with Crippen molar-refractivity contribution in [3.8, 4) is 0 Å². The number of amides is 1. The van der Waals surface area contributed by atoms with Crippen LogP contribution in [0, 0.1) is 5.92 Å². The fourth-order valence-corrected chi connectivity index (χ4v) is 1.49. The number of nitrogens with one attached hydrogen (secondary N) is 1. The summed E-state index contributed by atoms with van der Waals surface area (Å²) in [6, 6.07) is 0. The summed E-state index contributed by atoms with van der Waals surface area (Å²) in [5.41, 5.74) is 0. The normalized spacial score (nSPS) is 24.2. The molecule has 0 atom stereocenters. The molecule has 2 saturated heterocycles. The van der Waals surface area contributed by atoms with Crippen molar-refractivity contribution in [3.05, 3.63) is 0 Å². The van der Waals surface area contributed by atoms with Crippen LogP contribution in [0.2, 0.25) is 0 Å². The Morgan fingerprint density at radius 2 is 2.42 bits per heavy atom. The van der Waals surface area contributed by atoms with E-state index in [1.54, 1.807) is 0 Å². The van der Waals surface area contributed by atoms with Gasteiger partial charge in [-0.25, -0.2) is 5.06 Å². The second-order valence-corrected chi connectivity index (χ2v) is 3.41. The highest BCUT2D eigenvalue weighted by Gasteiger charge is 2.25. The van der Waals surface area contributed by atoms with Gasteiger partial charge in [0.05, 0.1) is 13.2 Å². The number of hydroxylamine groups is 2. The minimum absolute atomic E-state index is 0.152. The smallest absolute Gasteiger partial charge is 0.246 e. The molecule has 0 radical (unpaired) electrons. The summed E-state index contributed by atoms with van der Waals surface area (Å²) in [6.07, 6.45) is 1.63. The molecule has 4 heteroatoms. The fourth-order valence-electron chi connectivity index (χ4n) is 1.49. The number of hydrogen-bond acceptors (Lipinski definition) is 3. The van der Waals surface area contributed by atoms with Gasteiger partial charge in [-0.1, -0.05) is 0 Å². The van der Waals surface area contributed by atoms with E-state index in [0.717, 1.165) is 26.1 Å². The predicted octanol–water partition coefficient (Wildman–Crippen LogP) is -0.240. The highest BCUT2D eigenvalue weighted by atomic mass is 16.7. The molecule has 12 heavy (non-hydrogen) atoms. The zero-order valence-electron chi connectivity index (χ0n) is 7.08. The van der Waals surface area contributed by atoms with Crippen LogP contribution >= 0.6 is 0 Å². The van der Waals surface area contributed by atoms with Crippen molar-refractivity contribution in [3.63, 3.8) is 0 Å². The van der Waals surface area contributed by atoms with Gasteiger partial charge in [0.15, 0.2) is 0 Å². The van der Waals surface area contributed by atoms with Gasteiger partial charge < -0.3 is 5.32 Å². The minimum atomic E-state index is 0.152. The molecule has 0 aromatic heterocycles. The number of carbonyl (C=O) groups excluding carboxylic acids is 1. The summed E-state index contributed by atoms with van der Waals surface area (Å²) in [5.74, 6) is 0.695. The van der Waals surface area contributed by atoms with Gasteiger partial charge in [-0.3, -0.25) is 9.63 Å². The second kappa shape index (κ2) is 3.41. The van der Waals surface area contributed by atoms with E-state index in [9.17, 15) is 4.79 Å². The summed E-state index contributed by atoms with van der Waals surface area (Å²) < 4.78 is 0. The third-order valence-corrected chi connectivity index (χ3v) is 2.36. The van der Waals surface area contributed by atoms with Gasteiger partial charge in [0, 0.05) is 6.42 Å². The first-order valence-corrected chi connectivity index (χ1v) is 4.50. The molecule has 0 aromatic carbocycles. The lowest BCUT2D eigenvalue weighted by Crippen LogP contribution is -2.44. The average molecular weight is 170 g/mol. The predicted molar refractivity (Wildman–Crippen MR) is 43.3 cm³/mol. The van der Waals surface area contributed by atoms with Crippen molar-refractivity contribution in [2.24, 2.45) is 5.92 Å². The van der Waals surface area contributed by atoms with E-state index in [0.29, 0.717) is 18.9 Å².